The van der Waals surface area contributed by atoms with E-state index in [-0.39, 0.29) is 0 Å². The normalized spacial score (nSPS) is 11.4. The van der Waals surface area contributed by atoms with Crippen molar-refractivity contribution in [1.82, 2.24) is 4.98 Å². The summed E-state index contributed by atoms with van der Waals surface area (Å²) in [4.78, 5) is 13.6. The Labute approximate surface area is 97.4 Å². The molecule has 0 saturated heterocycles. The van der Waals surface area contributed by atoms with E-state index in [2.05, 4.69) is 4.98 Å². The molecule has 2 aromatic rings. The van der Waals surface area contributed by atoms with Crippen molar-refractivity contribution in [3.63, 3.8) is 0 Å². The van der Waals surface area contributed by atoms with Crippen molar-refractivity contribution in [2.45, 2.75) is 6.92 Å². The van der Waals surface area contributed by atoms with Crippen molar-refractivity contribution in [2.24, 2.45) is 0 Å². The molecule has 1 aromatic carbocycles. The average molecular weight is 236 g/mol. The predicted molar refractivity (Wildman–Crippen MR) is 64.7 cm³/mol. The van der Waals surface area contributed by atoms with Crippen LogP contribution in [-0.4, -0.2) is 16.1 Å². The summed E-state index contributed by atoms with van der Waals surface area (Å²) in [6.45, 7) is 1.93. The van der Waals surface area contributed by atoms with Crippen LogP contribution in [0.2, 0.25) is 5.02 Å². The van der Waals surface area contributed by atoms with Gasteiger partial charge >= 0.3 is 5.97 Å². The second-order valence-electron chi connectivity index (χ2n) is 3.53. The summed E-state index contributed by atoms with van der Waals surface area (Å²) < 4.78 is 0. The lowest BCUT2D eigenvalue weighted by atomic mass is 10.1. The van der Waals surface area contributed by atoms with Crippen molar-refractivity contribution in [3.05, 3.63) is 40.6 Å². The number of hydrogen-bond donors (Lipinski definition) is 2. The monoisotopic (exact) mass is 235 g/mol. The molecule has 0 aliphatic heterocycles. The first-order valence-corrected chi connectivity index (χ1v) is 5.14. The number of carboxylic acid groups (broad SMARTS) is 1. The van der Waals surface area contributed by atoms with E-state index in [1.165, 1.54) is 0 Å². The third-order valence-electron chi connectivity index (χ3n) is 2.45. The van der Waals surface area contributed by atoms with Crippen molar-refractivity contribution in [3.8, 4) is 0 Å². The third kappa shape index (κ3) is 1.95. The van der Waals surface area contributed by atoms with Crippen LogP contribution in [0.1, 0.15) is 11.3 Å². The zero-order chi connectivity index (χ0) is 11.7. The van der Waals surface area contributed by atoms with Crippen LogP contribution in [-0.2, 0) is 4.79 Å². The summed E-state index contributed by atoms with van der Waals surface area (Å²) in [6, 6.07) is 5.54. The van der Waals surface area contributed by atoms with Crippen molar-refractivity contribution < 1.29 is 9.90 Å². The maximum atomic E-state index is 10.4. The molecule has 0 atom stereocenters. The highest BCUT2D eigenvalue weighted by Crippen LogP contribution is 2.25. The Morgan fingerprint density at radius 3 is 2.94 bits per heavy atom. The number of fused-ring (bicyclic) bond motifs is 1. The molecule has 4 heteroatoms. The number of aliphatic carboxylic acids is 1. The van der Waals surface area contributed by atoms with Gasteiger partial charge < -0.3 is 10.1 Å². The lowest BCUT2D eigenvalue weighted by Gasteiger charge is -1.92. The van der Waals surface area contributed by atoms with Crippen molar-refractivity contribution in [1.29, 1.82) is 0 Å². The van der Waals surface area contributed by atoms with Gasteiger partial charge in [0.25, 0.3) is 0 Å². The number of carboxylic acids is 1. The average Bonchev–Trinajstić information content (AvgIpc) is 2.53. The Balaban J connectivity index is 2.56. The van der Waals surface area contributed by atoms with Crippen molar-refractivity contribution >= 4 is 34.5 Å². The van der Waals surface area contributed by atoms with Crippen molar-refractivity contribution in [2.75, 3.05) is 0 Å². The minimum absolute atomic E-state index is 0.670. The second kappa shape index (κ2) is 4.02. The molecule has 16 heavy (non-hydrogen) atoms. The van der Waals surface area contributed by atoms with Crippen LogP contribution in [0.5, 0.6) is 0 Å². The summed E-state index contributed by atoms with van der Waals surface area (Å²) in [5.74, 6) is -0.962. The molecule has 0 bridgehead atoms. The number of hydrogen-bond acceptors (Lipinski definition) is 1. The van der Waals surface area contributed by atoms with Crippen LogP contribution in [0.4, 0.5) is 0 Å². The number of H-pyrrole nitrogens is 1. The molecular weight excluding hydrogens is 226 g/mol. The number of aromatic amines is 1. The first-order valence-electron chi connectivity index (χ1n) is 4.77. The zero-order valence-corrected chi connectivity index (χ0v) is 9.38. The lowest BCUT2D eigenvalue weighted by Crippen LogP contribution is -1.86. The van der Waals surface area contributed by atoms with Gasteiger partial charge in [-0.3, -0.25) is 0 Å². The molecule has 0 fully saturated rings. The fourth-order valence-electron chi connectivity index (χ4n) is 1.64. The maximum Gasteiger partial charge on any atom is 0.328 e. The Morgan fingerprint density at radius 1 is 1.50 bits per heavy atom. The van der Waals surface area contributed by atoms with Crippen LogP contribution in [0.3, 0.4) is 0 Å². The Bertz CT molecular complexity index is 584. The van der Waals surface area contributed by atoms with Gasteiger partial charge in [-0.15, -0.1) is 0 Å². The predicted octanol–water partition coefficient (Wildman–Crippen LogP) is 3.23. The van der Waals surface area contributed by atoms with Crippen LogP contribution in [0, 0.1) is 6.92 Å². The largest absolute Gasteiger partial charge is 0.478 e. The van der Waals surface area contributed by atoms with Gasteiger partial charge in [0.2, 0.25) is 0 Å². The molecule has 0 aliphatic carbocycles. The first kappa shape index (κ1) is 10.8. The van der Waals surface area contributed by atoms with E-state index in [9.17, 15) is 4.79 Å². The van der Waals surface area contributed by atoms with Crippen LogP contribution < -0.4 is 0 Å². The molecule has 82 valence electrons. The van der Waals surface area contributed by atoms with Gasteiger partial charge in [0, 0.05) is 27.7 Å². The summed E-state index contributed by atoms with van der Waals surface area (Å²) in [6.07, 6.45) is 2.66. The number of carbonyl (C=O) groups is 1. The van der Waals surface area contributed by atoms with E-state index in [4.69, 9.17) is 16.7 Å². The van der Waals surface area contributed by atoms with Crippen LogP contribution in [0.15, 0.2) is 24.3 Å². The molecular formula is C12H10ClNO2. The van der Waals surface area contributed by atoms with Gasteiger partial charge in [-0.05, 0) is 36.8 Å². The summed E-state index contributed by atoms with van der Waals surface area (Å²) in [7, 11) is 0. The minimum Gasteiger partial charge on any atom is -0.478 e. The van der Waals surface area contributed by atoms with E-state index in [0.717, 1.165) is 28.2 Å². The molecule has 0 unspecified atom stereocenters. The highest BCUT2D eigenvalue weighted by atomic mass is 35.5. The van der Waals surface area contributed by atoms with E-state index in [1.807, 2.05) is 19.1 Å². The molecule has 1 heterocycles. The van der Waals surface area contributed by atoms with E-state index in [1.54, 1.807) is 12.1 Å². The third-order valence-corrected chi connectivity index (χ3v) is 2.69. The molecule has 3 nitrogen and oxygen atoms in total. The zero-order valence-electron chi connectivity index (χ0n) is 8.62. The highest BCUT2D eigenvalue weighted by Gasteiger charge is 2.05. The minimum atomic E-state index is -0.962. The molecule has 0 radical (unpaired) electrons. The molecule has 0 spiro atoms. The van der Waals surface area contributed by atoms with E-state index in [0.29, 0.717) is 5.02 Å². The van der Waals surface area contributed by atoms with Gasteiger partial charge in [-0.2, -0.15) is 0 Å². The Kier molecular flexibility index (Phi) is 2.71. The smallest absolute Gasteiger partial charge is 0.328 e. The SMILES string of the molecule is Cc1c(/C=C/C(=O)O)[nH]c2ccc(Cl)cc12. The van der Waals surface area contributed by atoms with E-state index < -0.39 is 5.97 Å². The number of halogens is 1. The van der Waals surface area contributed by atoms with Gasteiger partial charge in [0.1, 0.15) is 0 Å². The molecule has 0 aliphatic rings. The molecule has 0 saturated carbocycles. The van der Waals surface area contributed by atoms with Crippen LogP contribution >= 0.6 is 11.6 Å². The fraction of sp³-hybridized carbons (Fsp3) is 0.0833. The van der Waals surface area contributed by atoms with Gasteiger partial charge in [-0.25, -0.2) is 4.79 Å². The molecule has 2 N–H and O–H groups in total. The first-order chi connectivity index (χ1) is 7.58. The maximum absolute atomic E-state index is 10.4. The number of aryl methyl sites for hydroxylation is 1. The van der Waals surface area contributed by atoms with Gasteiger partial charge in [0.05, 0.1) is 0 Å². The Morgan fingerprint density at radius 2 is 2.25 bits per heavy atom. The molecule has 0 amide bonds. The van der Waals surface area contributed by atoms with Crippen LogP contribution in [0.25, 0.3) is 17.0 Å². The number of nitrogens with one attached hydrogen (secondary N) is 1. The molecule has 2 rings (SSSR count). The number of aromatic nitrogens is 1. The summed E-state index contributed by atoms with van der Waals surface area (Å²) >= 11 is 5.90. The highest BCUT2D eigenvalue weighted by molar-refractivity contribution is 6.31. The topological polar surface area (TPSA) is 53.1 Å². The summed E-state index contributed by atoms with van der Waals surface area (Å²) in [5.41, 5.74) is 2.74. The van der Waals surface area contributed by atoms with Gasteiger partial charge in [0.15, 0.2) is 0 Å². The Hall–Kier alpha value is -1.74. The standard InChI is InChI=1S/C12H10ClNO2/c1-7-9-6-8(13)2-3-11(9)14-10(7)4-5-12(15)16/h2-6,14H,1H3,(H,15,16)/b5-4+. The fourth-order valence-corrected chi connectivity index (χ4v) is 1.81. The summed E-state index contributed by atoms with van der Waals surface area (Å²) in [5, 5.41) is 10.2. The quantitative estimate of drug-likeness (QED) is 0.786. The van der Waals surface area contributed by atoms with Gasteiger partial charge in [-0.1, -0.05) is 11.6 Å². The number of benzene rings is 1. The molecule has 1 aromatic heterocycles. The second-order valence-corrected chi connectivity index (χ2v) is 3.96. The lowest BCUT2D eigenvalue weighted by molar-refractivity contribution is -0.131. The van der Waals surface area contributed by atoms with E-state index >= 15 is 0 Å². The number of rotatable bonds is 2.